The summed E-state index contributed by atoms with van der Waals surface area (Å²) in [5.74, 6) is 3.70. The molecule has 1 N–H and O–H groups in total. The van der Waals surface area contributed by atoms with E-state index >= 15 is 0 Å². The molecule has 1 aliphatic carbocycles. The molecule has 0 unspecified atom stereocenters. The van der Waals surface area contributed by atoms with Crippen molar-refractivity contribution >= 4 is 5.91 Å². The Morgan fingerprint density at radius 3 is 2.97 bits per heavy atom. The van der Waals surface area contributed by atoms with Crippen LogP contribution in [-0.4, -0.2) is 45.8 Å². The molecule has 0 radical (unpaired) electrons. The standard InChI is InChI=1S/C24H21N3O3/c1-2-16-5-3-6-17(13-16)23-25-22(26-30-23)19-7-4-8-20-18(19)9-10-24(20)14-21(29)27(15-24)11-12-28/h1,3-8,13,28H,9-12,14-15H2/t24-/m1/s1. The average molecular weight is 399 g/mol. The zero-order valence-electron chi connectivity index (χ0n) is 16.5. The van der Waals surface area contributed by atoms with Gasteiger partial charge in [0.25, 0.3) is 5.89 Å². The number of likely N-dealkylation sites (tertiary alicyclic amines) is 1. The van der Waals surface area contributed by atoms with Crippen molar-refractivity contribution in [3.63, 3.8) is 0 Å². The topological polar surface area (TPSA) is 79.5 Å². The highest BCUT2D eigenvalue weighted by atomic mass is 16.5. The molecule has 3 aromatic rings. The number of terminal acetylenes is 1. The number of aromatic nitrogens is 2. The van der Waals surface area contributed by atoms with E-state index in [0.717, 1.165) is 29.5 Å². The molecule has 6 nitrogen and oxygen atoms in total. The highest BCUT2D eigenvalue weighted by Crippen LogP contribution is 2.48. The molecule has 30 heavy (non-hydrogen) atoms. The molecule has 2 heterocycles. The molecule has 2 aliphatic rings. The van der Waals surface area contributed by atoms with Crippen LogP contribution in [0.25, 0.3) is 22.8 Å². The van der Waals surface area contributed by atoms with Crippen molar-refractivity contribution in [1.82, 2.24) is 15.0 Å². The summed E-state index contributed by atoms with van der Waals surface area (Å²) in [6.07, 6.45) is 7.75. The number of fused-ring (bicyclic) bond motifs is 2. The summed E-state index contributed by atoms with van der Waals surface area (Å²) in [6.45, 7) is 1.03. The first-order chi connectivity index (χ1) is 14.6. The lowest BCUT2D eigenvalue weighted by molar-refractivity contribution is -0.128. The SMILES string of the molecule is C#Cc1cccc(-c2nc(-c3cccc4c3CC[C@]43CC(=O)N(CCO)C3)no2)c1. The molecular weight excluding hydrogens is 378 g/mol. The minimum absolute atomic E-state index is 0.0127. The zero-order valence-corrected chi connectivity index (χ0v) is 16.5. The maximum absolute atomic E-state index is 12.5. The number of carbonyl (C=O) groups excluding carboxylic acids is 1. The first kappa shape index (κ1) is 18.6. The van der Waals surface area contributed by atoms with Crippen molar-refractivity contribution in [1.29, 1.82) is 0 Å². The molecule has 1 spiro atoms. The van der Waals surface area contributed by atoms with Gasteiger partial charge in [0.15, 0.2) is 0 Å². The van der Waals surface area contributed by atoms with Crippen LogP contribution in [0.15, 0.2) is 47.0 Å². The van der Waals surface area contributed by atoms with Gasteiger partial charge in [-0.3, -0.25) is 4.79 Å². The van der Waals surface area contributed by atoms with Gasteiger partial charge in [-0.1, -0.05) is 35.3 Å². The molecule has 0 bridgehead atoms. The lowest BCUT2D eigenvalue weighted by Crippen LogP contribution is -2.32. The number of aliphatic hydroxyl groups excluding tert-OH is 1. The second kappa shape index (κ2) is 7.12. The zero-order chi connectivity index (χ0) is 20.7. The first-order valence-corrected chi connectivity index (χ1v) is 10.1. The van der Waals surface area contributed by atoms with E-state index in [1.165, 1.54) is 11.1 Å². The summed E-state index contributed by atoms with van der Waals surface area (Å²) in [7, 11) is 0. The fourth-order valence-corrected chi connectivity index (χ4v) is 4.84. The molecule has 1 fully saturated rings. The van der Waals surface area contributed by atoms with E-state index < -0.39 is 0 Å². The van der Waals surface area contributed by atoms with Gasteiger partial charge in [-0.25, -0.2) is 0 Å². The second-order valence-electron chi connectivity index (χ2n) is 7.98. The highest BCUT2D eigenvalue weighted by Gasteiger charge is 2.48. The van der Waals surface area contributed by atoms with Gasteiger partial charge in [0, 0.05) is 41.6 Å². The van der Waals surface area contributed by atoms with Gasteiger partial charge in [0.05, 0.1) is 6.61 Å². The van der Waals surface area contributed by atoms with Crippen LogP contribution in [0, 0.1) is 12.3 Å². The van der Waals surface area contributed by atoms with Crippen molar-refractivity contribution in [3.05, 3.63) is 59.2 Å². The average Bonchev–Trinajstić information content (AvgIpc) is 3.47. The molecular formula is C24H21N3O3. The Morgan fingerprint density at radius 2 is 2.13 bits per heavy atom. The molecule has 150 valence electrons. The third kappa shape index (κ3) is 2.90. The number of hydrogen-bond donors (Lipinski definition) is 1. The molecule has 0 saturated carbocycles. The van der Waals surface area contributed by atoms with E-state index in [9.17, 15) is 9.90 Å². The van der Waals surface area contributed by atoms with Crippen LogP contribution in [0.2, 0.25) is 0 Å². The third-order valence-corrected chi connectivity index (χ3v) is 6.25. The monoisotopic (exact) mass is 399 g/mol. The maximum Gasteiger partial charge on any atom is 0.258 e. The Labute approximate surface area is 174 Å². The van der Waals surface area contributed by atoms with Gasteiger partial charge in [0.2, 0.25) is 11.7 Å². The largest absolute Gasteiger partial charge is 0.395 e. The number of rotatable bonds is 4. The third-order valence-electron chi connectivity index (χ3n) is 6.25. The molecule has 1 amide bonds. The lowest BCUT2D eigenvalue weighted by Gasteiger charge is -2.24. The van der Waals surface area contributed by atoms with E-state index in [0.29, 0.717) is 31.2 Å². The lowest BCUT2D eigenvalue weighted by atomic mass is 9.80. The summed E-state index contributed by atoms with van der Waals surface area (Å²) >= 11 is 0. The number of carbonyl (C=O) groups is 1. The summed E-state index contributed by atoms with van der Waals surface area (Å²) < 4.78 is 5.53. The van der Waals surface area contributed by atoms with Gasteiger partial charge in [-0.05, 0) is 42.2 Å². The molecule has 5 rings (SSSR count). The van der Waals surface area contributed by atoms with E-state index in [4.69, 9.17) is 10.9 Å². The Hall–Kier alpha value is -3.43. The Bertz CT molecular complexity index is 1180. The van der Waals surface area contributed by atoms with Crippen LogP contribution in [0.5, 0.6) is 0 Å². The number of β-amino-alcohol motifs (C(OH)–C–C–N with tert-alkyl or cyclic N) is 1. The van der Waals surface area contributed by atoms with Gasteiger partial charge in [0.1, 0.15) is 0 Å². The fourth-order valence-electron chi connectivity index (χ4n) is 4.84. The van der Waals surface area contributed by atoms with Crippen LogP contribution in [0.3, 0.4) is 0 Å². The number of amides is 1. The molecule has 1 aliphatic heterocycles. The Morgan fingerprint density at radius 1 is 1.27 bits per heavy atom. The van der Waals surface area contributed by atoms with E-state index in [1.54, 1.807) is 4.90 Å². The van der Waals surface area contributed by atoms with Crippen molar-refractivity contribution in [2.24, 2.45) is 0 Å². The number of benzene rings is 2. The molecule has 1 saturated heterocycles. The minimum Gasteiger partial charge on any atom is -0.395 e. The number of nitrogens with zero attached hydrogens (tertiary/aromatic N) is 3. The first-order valence-electron chi connectivity index (χ1n) is 10.1. The summed E-state index contributed by atoms with van der Waals surface area (Å²) in [4.78, 5) is 18.9. The van der Waals surface area contributed by atoms with Crippen LogP contribution in [-0.2, 0) is 16.6 Å². The second-order valence-corrected chi connectivity index (χ2v) is 7.98. The summed E-state index contributed by atoms with van der Waals surface area (Å²) in [5, 5.41) is 13.5. The van der Waals surface area contributed by atoms with Crippen LogP contribution in [0.4, 0.5) is 0 Å². The van der Waals surface area contributed by atoms with Gasteiger partial charge >= 0.3 is 0 Å². The van der Waals surface area contributed by atoms with Crippen molar-refractivity contribution in [2.45, 2.75) is 24.7 Å². The number of hydrogen-bond acceptors (Lipinski definition) is 5. The van der Waals surface area contributed by atoms with Crippen LogP contribution in [0.1, 0.15) is 29.5 Å². The molecule has 1 aromatic heterocycles. The van der Waals surface area contributed by atoms with E-state index in [1.807, 2.05) is 36.4 Å². The van der Waals surface area contributed by atoms with Crippen LogP contribution >= 0.6 is 0 Å². The summed E-state index contributed by atoms with van der Waals surface area (Å²) in [6, 6.07) is 13.6. The Balaban J connectivity index is 1.50. The maximum atomic E-state index is 12.5. The van der Waals surface area contributed by atoms with Gasteiger partial charge < -0.3 is 14.5 Å². The predicted molar refractivity (Wildman–Crippen MR) is 111 cm³/mol. The smallest absolute Gasteiger partial charge is 0.258 e. The Kier molecular flexibility index (Phi) is 4.41. The van der Waals surface area contributed by atoms with Gasteiger partial charge in [-0.2, -0.15) is 4.98 Å². The molecule has 2 aromatic carbocycles. The molecule has 1 atom stereocenters. The quantitative estimate of drug-likeness (QED) is 0.683. The van der Waals surface area contributed by atoms with Crippen molar-refractivity contribution in [3.8, 4) is 35.2 Å². The van der Waals surface area contributed by atoms with E-state index in [2.05, 4.69) is 22.1 Å². The molecule has 6 heteroatoms. The van der Waals surface area contributed by atoms with Gasteiger partial charge in [-0.15, -0.1) is 6.42 Å². The van der Waals surface area contributed by atoms with Crippen molar-refractivity contribution < 1.29 is 14.4 Å². The van der Waals surface area contributed by atoms with Crippen molar-refractivity contribution in [2.75, 3.05) is 19.7 Å². The normalized spacial score (nSPS) is 20.0. The fraction of sp³-hybridized carbons (Fsp3) is 0.292. The predicted octanol–water partition coefficient (Wildman–Crippen LogP) is 2.79. The van der Waals surface area contributed by atoms with Crippen LogP contribution < -0.4 is 0 Å². The minimum atomic E-state index is -0.189. The summed E-state index contributed by atoms with van der Waals surface area (Å²) in [5.41, 5.74) is 4.67. The number of aliphatic hydroxyl groups is 1. The highest BCUT2D eigenvalue weighted by molar-refractivity contribution is 5.82. The van der Waals surface area contributed by atoms with E-state index in [-0.39, 0.29) is 17.9 Å².